The van der Waals surface area contributed by atoms with Crippen LogP contribution in [-0.2, 0) is 36.8 Å². The van der Waals surface area contributed by atoms with Crippen molar-refractivity contribution in [1.29, 1.82) is 0 Å². The molecule has 2 heterocycles. The summed E-state index contributed by atoms with van der Waals surface area (Å²) in [6.07, 6.45) is 0.571. The molecule has 4 unspecified atom stereocenters. The molecule has 184 valence electrons. The molecule has 2 aromatic rings. The van der Waals surface area contributed by atoms with Gasteiger partial charge in [0.2, 0.25) is 17.7 Å². The van der Waals surface area contributed by atoms with Crippen LogP contribution in [0, 0.1) is 0 Å². The monoisotopic (exact) mass is 479 g/mol. The highest BCUT2D eigenvalue weighted by Crippen LogP contribution is 2.29. The molecule has 2 aliphatic heterocycles. The summed E-state index contributed by atoms with van der Waals surface area (Å²) in [6, 6.07) is 14.1. The van der Waals surface area contributed by atoms with Gasteiger partial charge in [0, 0.05) is 6.42 Å². The Hall–Kier alpha value is -3.72. The van der Waals surface area contributed by atoms with Crippen molar-refractivity contribution >= 4 is 23.5 Å². The normalized spacial score (nSPS) is 22.1. The molecule has 0 bridgehead atoms. The van der Waals surface area contributed by atoms with Crippen LogP contribution in [0.2, 0.25) is 0 Å². The predicted molar refractivity (Wildman–Crippen MR) is 127 cm³/mol. The number of hydrogen-bond acceptors (Lipinski definition) is 6. The maximum Gasteiger partial charge on any atom is 0.243 e. The summed E-state index contributed by atoms with van der Waals surface area (Å²) < 4.78 is 10.5. The Balaban J connectivity index is 1.52. The van der Waals surface area contributed by atoms with E-state index in [4.69, 9.17) is 9.47 Å². The largest absolute Gasteiger partial charge is 0.497 e. The van der Waals surface area contributed by atoms with Crippen LogP contribution in [0.5, 0.6) is 5.75 Å². The van der Waals surface area contributed by atoms with Crippen LogP contribution in [0.15, 0.2) is 54.6 Å². The number of methoxy groups -OCH3 is 1. The second-order valence-corrected chi connectivity index (χ2v) is 9.07. The van der Waals surface area contributed by atoms with Crippen molar-refractivity contribution in [1.82, 2.24) is 16.0 Å². The van der Waals surface area contributed by atoms with E-state index in [1.807, 2.05) is 42.5 Å². The zero-order valence-corrected chi connectivity index (χ0v) is 19.7. The molecule has 3 amide bonds. The lowest BCUT2D eigenvalue weighted by atomic mass is 9.94. The van der Waals surface area contributed by atoms with Crippen molar-refractivity contribution in [2.75, 3.05) is 13.7 Å². The topological polar surface area (TPSA) is 126 Å². The van der Waals surface area contributed by atoms with Crippen LogP contribution >= 0.6 is 0 Å². The van der Waals surface area contributed by atoms with Gasteiger partial charge in [-0.25, -0.2) is 0 Å². The fourth-order valence-electron chi connectivity index (χ4n) is 3.95. The lowest BCUT2D eigenvalue weighted by molar-refractivity contribution is -0.139. The number of epoxide rings is 1. The van der Waals surface area contributed by atoms with Gasteiger partial charge in [0.25, 0.3) is 0 Å². The summed E-state index contributed by atoms with van der Waals surface area (Å²) in [5, 5.41) is 8.10. The Morgan fingerprint density at radius 1 is 1.03 bits per heavy atom. The van der Waals surface area contributed by atoms with E-state index in [2.05, 4.69) is 16.0 Å². The van der Waals surface area contributed by atoms with E-state index >= 15 is 0 Å². The van der Waals surface area contributed by atoms with Crippen LogP contribution < -0.4 is 20.7 Å². The van der Waals surface area contributed by atoms with Crippen molar-refractivity contribution in [3.63, 3.8) is 0 Å². The van der Waals surface area contributed by atoms with Crippen LogP contribution in [0.4, 0.5) is 0 Å². The minimum absolute atomic E-state index is 0.0769. The van der Waals surface area contributed by atoms with Crippen molar-refractivity contribution in [2.45, 2.75) is 49.9 Å². The number of carbonyl (C=O) groups is 4. The Labute approximate surface area is 203 Å². The summed E-state index contributed by atoms with van der Waals surface area (Å²) in [5.41, 5.74) is 0.771. The van der Waals surface area contributed by atoms with Gasteiger partial charge in [-0.05, 0) is 36.6 Å². The fraction of sp³-hybridized carbons (Fsp3) is 0.385. The first-order valence-electron chi connectivity index (χ1n) is 11.5. The van der Waals surface area contributed by atoms with Gasteiger partial charge in [-0.15, -0.1) is 0 Å². The molecule has 3 N–H and O–H groups in total. The number of hydrogen-bond donors (Lipinski definition) is 3. The van der Waals surface area contributed by atoms with E-state index in [0.717, 1.165) is 11.1 Å². The molecule has 0 aliphatic carbocycles. The van der Waals surface area contributed by atoms with Gasteiger partial charge in [0.15, 0.2) is 5.78 Å². The molecule has 9 nitrogen and oxygen atoms in total. The quantitative estimate of drug-likeness (QED) is 0.322. The summed E-state index contributed by atoms with van der Waals surface area (Å²) >= 11 is 0. The van der Waals surface area contributed by atoms with Crippen molar-refractivity contribution in [2.24, 2.45) is 0 Å². The number of amides is 3. The van der Waals surface area contributed by atoms with E-state index in [0.29, 0.717) is 18.8 Å². The standard InChI is InChI=1S/C26H29N3O6/c1-26(15-35-26)23(31)19(12-16-6-4-3-5-7-16)28-24(32)20(29-25(33)21-14-22(30)27-21)13-17-8-10-18(34-2)11-9-17/h3-11,19-21H,12-15H2,1-2H3,(H,27,30)(H,28,32)(H,29,33). The number of ketones is 1. The second kappa shape index (κ2) is 10.3. The molecule has 4 rings (SSSR count). The van der Waals surface area contributed by atoms with E-state index in [9.17, 15) is 19.2 Å². The van der Waals surface area contributed by atoms with Crippen LogP contribution in [-0.4, -0.2) is 60.9 Å². The third-order valence-electron chi connectivity index (χ3n) is 6.29. The molecule has 0 saturated carbocycles. The number of ether oxygens (including phenoxy) is 2. The Bertz CT molecular complexity index is 1090. The average Bonchev–Trinajstić information content (AvgIpc) is 3.60. The molecular formula is C26H29N3O6. The summed E-state index contributed by atoms with van der Waals surface area (Å²) in [4.78, 5) is 50.5. The SMILES string of the molecule is COc1ccc(CC(NC(=O)C2CC(=O)N2)C(=O)NC(Cc2ccccc2)C(=O)C2(C)CO2)cc1. The molecule has 0 radical (unpaired) electrons. The third-order valence-corrected chi connectivity index (χ3v) is 6.29. The first-order valence-corrected chi connectivity index (χ1v) is 11.5. The van der Waals surface area contributed by atoms with Gasteiger partial charge in [-0.3, -0.25) is 19.2 Å². The maximum absolute atomic E-state index is 13.4. The van der Waals surface area contributed by atoms with E-state index in [1.165, 1.54) is 0 Å². The van der Waals surface area contributed by atoms with Gasteiger partial charge in [-0.1, -0.05) is 42.5 Å². The molecule has 2 saturated heterocycles. The highest BCUT2D eigenvalue weighted by atomic mass is 16.6. The first kappa shape index (κ1) is 24.4. The molecule has 35 heavy (non-hydrogen) atoms. The highest BCUT2D eigenvalue weighted by Gasteiger charge is 2.50. The van der Waals surface area contributed by atoms with Gasteiger partial charge < -0.3 is 25.4 Å². The van der Waals surface area contributed by atoms with Gasteiger partial charge >= 0.3 is 0 Å². The van der Waals surface area contributed by atoms with Crippen LogP contribution in [0.3, 0.4) is 0 Å². The van der Waals surface area contributed by atoms with E-state index in [1.54, 1.807) is 26.2 Å². The Morgan fingerprint density at radius 3 is 2.20 bits per heavy atom. The summed E-state index contributed by atoms with van der Waals surface area (Å²) in [5.74, 6) is -0.690. The Morgan fingerprint density at radius 2 is 1.63 bits per heavy atom. The van der Waals surface area contributed by atoms with E-state index in [-0.39, 0.29) is 24.5 Å². The zero-order valence-electron chi connectivity index (χ0n) is 19.7. The fourth-order valence-corrected chi connectivity index (χ4v) is 3.95. The Kier molecular flexibility index (Phi) is 7.16. The van der Waals surface area contributed by atoms with Crippen LogP contribution in [0.25, 0.3) is 0 Å². The predicted octanol–water partition coefficient (Wildman–Crippen LogP) is 0.697. The van der Waals surface area contributed by atoms with Crippen LogP contribution in [0.1, 0.15) is 24.5 Å². The molecular weight excluding hydrogens is 450 g/mol. The first-order chi connectivity index (χ1) is 16.8. The number of nitrogens with one attached hydrogen (secondary N) is 3. The minimum Gasteiger partial charge on any atom is -0.497 e. The molecule has 0 spiro atoms. The lowest BCUT2D eigenvalue weighted by Gasteiger charge is -2.29. The number of β-lactam (4-membered cyclic amide) rings is 1. The summed E-state index contributed by atoms with van der Waals surface area (Å²) in [7, 11) is 1.56. The number of rotatable bonds is 11. The smallest absolute Gasteiger partial charge is 0.243 e. The average molecular weight is 480 g/mol. The highest BCUT2D eigenvalue weighted by molar-refractivity contribution is 6.00. The third kappa shape index (κ3) is 6.05. The second-order valence-electron chi connectivity index (χ2n) is 9.07. The molecule has 2 aromatic carbocycles. The van der Waals surface area contributed by atoms with Gasteiger partial charge in [-0.2, -0.15) is 0 Å². The number of carbonyl (C=O) groups excluding carboxylic acids is 4. The molecule has 2 aliphatic rings. The maximum atomic E-state index is 13.4. The van der Waals surface area contributed by atoms with E-state index < -0.39 is 35.5 Å². The van der Waals surface area contributed by atoms with Gasteiger partial charge in [0.1, 0.15) is 23.4 Å². The van der Waals surface area contributed by atoms with Gasteiger partial charge in [0.05, 0.1) is 26.2 Å². The van der Waals surface area contributed by atoms with Crippen molar-refractivity contribution < 1.29 is 28.7 Å². The lowest BCUT2D eigenvalue weighted by Crippen LogP contribution is -2.61. The molecule has 9 heteroatoms. The number of benzene rings is 2. The van der Waals surface area contributed by atoms with Crippen molar-refractivity contribution in [3.05, 3.63) is 65.7 Å². The molecule has 4 atom stereocenters. The zero-order chi connectivity index (χ0) is 25.0. The summed E-state index contributed by atoms with van der Waals surface area (Å²) in [6.45, 7) is 2.01. The minimum atomic E-state index is -0.951. The molecule has 0 aromatic heterocycles. The number of Topliss-reactive ketones (excluding diaryl/α,β-unsaturated/α-hetero) is 1. The molecule has 2 fully saturated rings. The van der Waals surface area contributed by atoms with Crippen molar-refractivity contribution in [3.8, 4) is 5.75 Å².